The second-order valence-electron chi connectivity index (χ2n) is 4.02. The van der Waals surface area contributed by atoms with E-state index < -0.39 is 16.3 Å². The molecule has 0 N–H and O–H groups in total. The summed E-state index contributed by atoms with van der Waals surface area (Å²) in [6.07, 6.45) is 2.17. The van der Waals surface area contributed by atoms with Crippen LogP contribution < -0.4 is 0 Å². The van der Waals surface area contributed by atoms with Gasteiger partial charge in [0.15, 0.2) is 0 Å². The molecule has 0 amide bonds. The van der Waals surface area contributed by atoms with Gasteiger partial charge in [0.25, 0.3) is 0 Å². The highest BCUT2D eigenvalue weighted by atomic mass is 16.6. The Hall–Kier alpha value is -1.65. The van der Waals surface area contributed by atoms with Gasteiger partial charge in [-0.2, -0.15) is 0 Å². The Kier molecular flexibility index (Phi) is 3.24. The average molecular weight is 211 g/mol. The van der Waals surface area contributed by atoms with Gasteiger partial charge in [0.05, 0.1) is 12.2 Å². The minimum atomic E-state index is -0.801. The van der Waals surface area contributed by atoms with Gasteiger partial charge in [0.2, 0.25) is 6.54 Å². The van der Waals surface area contributed by atoms with Crippen LogP contribution in [0.15, 0.2) is 22.8 Å². The Morgan fingerprint density at radius 2 is 2.33 bits per heavy atom. The second kappa shape index (κ2) is 4.25. The first kappa shape index (κ1) is 11.4. The number of rotatable bonds is 5. The molecule has 0 saturated carbocycles. The maximum absolute atomic E-state index is 10.9. The van der Waals surface area contributed by atoms with Crippen LogP contribution in [0, 0.1) is 15.5 Å². The minimum Gasteiger partial charge on any atom is -0.469 e. The Balaban J connectivity index is 2.98. The van der Waals surface area contributed by atoms with Gasteiger partial charge in [0.1, 0.15) is 12.0 Å². The van der Waals surface area contributed by atoms with Crippen LogP contribution in [0.2, 0.25) is 0 Å². The van der Waals surface area contributed by atoms with Crippen LogP contribution in [-0.4, -0.2) is 17.8 Å². The van der Waals surface area contributed by atoms with E-state index in [2.05, 4.69) is 0 Å². The summed E-state index contributed by atoms with van der Waals surface area (Å²) in [4.78, 5) is 21.0. The van der Waals surface area contributed by atoms with Crippen molar-refractivity contribution in [3.8, 4) is 0 Å². The molecule has 0 aliphatic heterocycles. The Labute approximate surface area is 87.2 Å². The van der Waals surface area contributed by atoms with Crippen LogP contribution in [0.5, 0.6) is 0 Å². The maximum atomic E-state index is 10.9. The van der Waals surface area contributed by atoms with Gasteiger partial charge in [-0.05, 0) is 12.1 Å². The van der Waals surface area contributed by atoms with E-state index >= 15 is 0 Å². The van der Waals surface area contributed by atoms with Crippen molar-refractivity contribution >= 4 is 6.29 Å². The molecule has 1 aromatic heterocycles. The summed E-state index contributed by atoms with van der Waals surface area (Å²) in [6, 6.07) is 3.31. The van der Waals surface area contributed by atoms with E-state index in [1.165, 1.54) is 6.26 Å². The highest BCUT2D eigenvalue weighted by molar-refractivity contribution is 5.60. The SMILES string of the molecule is CC(C)(C=O)C(C[N+](=O)[O-])c1ccco1. The van der Waals surface area contributed by atoms with Gasteiger partial charge >= 0.3 is 0 Å². The van der Waals surface area contributed by atoms with E-state index in [1.54, 1.807) is 26.0 Å². The normalized spacial score (nSPS) is 13.5. The number of aldehydes is 1. The van der Waals surface area contributed by atoms with Crippen LogP contribution in [0.4, 0.5) is 0 Å². The molecule has 1 heterocycles. The molecule has 0 aliphatic carbocycles. The number of hydrogen-bond donors (Lipinski definition) is 0. The lowest BCUT2D eigenvalue weighted by Gasteiger charge is -2.23. The number of carbonyl (C=O) groups excluding carboxylic acids is 1. The fourth-order valence-electron chi connectivity index (χ4n) is 1.41. The molecule has 5 nitrogen and oxygen atoms in total. The van der Waals surface area contributed by atoms with Crippen molar-refractivity contribution in [3.63, 3.8) is 0 Å². The van der Waals surface area contributed by atoms with Crippen molar-refractivity contribution in [2.45, 2.75) is 19.8 Å². The number of nitrogens with zero attached hydrogens (tertiary/aromatic N) is 1. The van der Waals surface area contributed by atoms with E-state index in [9.17, 15) is 14.9 Å². The smallest absolute Gasteiger partial charge is 0.214 e. The van der Waals surface area contributed by atoms with Crippen molar-refractivity contribution in [2.75, 3.05) is 6.54 Å². The Morgan fingerprint density at radius 3 is 2.73 bits per heavy atom. The van der Waals surface area contributed by atoms with Gasteiger partial charge < -0.3 is 9.21 Å². The lowest BCUT2D eigenvalue weighted by Crippen LogP contribution is -2.29. The molecule has 0 aromatic carbocycles. The van der Waals surface area contributed by atoms with Crippen LogP contribution in [0.1, 0.15) is 25.5 Å². The molecule has 82 valence electrons. The van der Waals surface area contributed by atoms with Gasteiger partial charge in [-0.1, -0.05) is 13.8 Å². The fraction of sp³-hybridized carbons (Fsp3) is 0.500. The molecular weight excluding hydrogens is 198 g/mol. The monoisotopic (exact) mass is 211 g/mol. The van der Waals surface area contributed by atoms with Crippen LogP contribution >= 0.6 is 0 Å². The third-order valence-electron chi connectivity index (χ3n) is 2.42. The zero-order valence-electron chi connectivity index (χ0n) is 8.67. The summed E-state index contributed by atoms with van der Waals surface area (Å²) in [5.41, 5.74) is -0.801. The highest BCUT2D eigenvalue weighted by Crippen LogP contribution is 2.34. The molecule has 1 atom stereocenters. The summed E-state index contributed by atoms with van der Waals surface area (Å²) < 4.78 is 5.12. The Bertz CT molecular complexity index is 342. The molecule has 5 heteroatoms. The third kappa shape index (κ3) is 2.65. The van der Waals surface area contributed by atoms with E-state index in [-0.39, 0.29) is 6.54 Å². The molecular formula is C10H13NO4. The fourth-order valence-corrected chi connectivity index (χ4v) is 1.41. The van der Waals surface area contributed by atoms with E-state index in [0.29, 0.717) is 5.76 Å². The molecule has 1 rings (SSSR count). The van der Waals surface area contributed by atoms with Crippen molar-refractivity contribution in [2.24, 2.45) is 5.41 Å². The van der Waals surface area contributed by atoms with Crippen LogP contribution in [-0.2, 0) is 4.79 Å². The summed E-state index contributed by atoms with van der Waals surface area (Å²) in [5.74, 6) is -0.0520. The Morgan fingerprint density at radius 1 is 1.67 bits per heavy atom. The number of carbonyl (C=O) groups is 1. The van der Waals surface area contributed by atoms with E-state index in [0.717, 1.165) is 6.29 Å². The molecule has 1 aromatic rings. The van der Waals surface area contributed by atoms with Crippen molar-refractivity contribution in [3.05, 3.63) is 34.3 Å². The first-order valence-corrected chi connectivity index (χ1v) is 4.59. The summed E-state index contributed by atoms with van der Waals surface area (Å²) in [5, 5.41) is 10.5. The minimum absolute atomic E-state index is 0.306. The van der Waals surface area contributed by atoms with Crippen molar-refractivity contribution in [1.29, 1.82) is 0 Å². The van der Waals surface area contributed by atoms with Gasteiger partial charge in [-0.25, -0.2) is 0 Å². The predicted octanol–water partition coefficient (Wildman–Crippen LogP) is 1.86. The lowest BCUT2D eigenvalue weighted by molar-refractivity contribution is -0.486. The zero-order valence-corrected chi connectivity index (χ0v) is 8.67. The number of hydrogen-bond acceptors (Lipinski definition) is 4. The van der Waals surface area contributed by atoms with Crippen LogP contribution in [0.25, 0.3) is 0 Å². The summed E-state index contributed by atoms with van der Waals surface area (Å²) in [6.45, 7) is 3.02. The van der Waals surface area contributed by atoms with Gasteiger partial charge in [-0.15, -0.1) is 0 Å². The highest BCUT2D eigenvalue weighted by Gasteiger charge is 2.36. The predicted molar refractivity (Wildman–Crippen MR) is 53.2 cm³/mol. The average Bonchev–Trinajstić information content (AvgIpc) is 2.66. The molecule has 0 fully saturated rings. The van der Waals surface area contributed by atoms with Gasteiger partial charge in [0, 0.05) is 10.3 Å². The van der Waals surface area contributed by atoms with E-state index in [1.807, 2.05) is 0 Å². The summed E-state index contributed by atoms with van der Waals surface area (Å²) >= 11 is 0. The molecule has 15 heavy (non-hydrogen) atoms. The maximum Gasteiger partial charge on any atom is 0.214 e. The second-order valence-corrected chi connectivity index (χ2v) is 4.02. The number of nitro groups is 1. The van der Waals surface area contributed by atoms with Crippen LogP contribution in [0.3, 0.4) is 0 Å². The van der Waals surface area contributed by atoms with Crippen molar-refractivity contribution < 1.29 is 14.1 Å². The first-order valence-electron chi connectivity index (χ1n) is 4.59. The number of furan rings is 1. The molecule has 0 bridgehead atoms. The molecule has 0 spiro atoms. The lowest BCUT2D eigenvalue weighted by atomic mass is 9.78. The first-order chi connectivity index (χ1) is 6.97. The topological polar surface area (TPSA) is 73.3 Å². The van der Waals surface area contributed by atoms with E-state index in [4.69, 9.17) is 4.42 Å². The molecule has 1 unspecified atom stereocenters. The summed E-state index contributed by atoms with van der Waals surface area (Å²) in [7, 11) is 0. The van der Waals surface area contributed by atoms with Gasteiger partial charge in [-0.3, -0.25) is 10.1 Å². The molecule has 0 saturated heterocycles. The third-order valence-corrected chi connectivity index (χ3v) is 2.42. The standard InChI is InChI=1S/C10H13NO4/c1-10(2,7-12)8(6-11(13)14)9-4-3-5-15-9/h3-5,7-8H,6H2,1-2H3. The molecule has 0 aliphatic rings. The largest absolute Gasteiger partial charge is 0.469 e. The van der Waals surface area contributed by atoms with Crippen molar-refractivity contribution in [1.82, 2.24) is 0 Å². The molecule has 0 radical (unpaired) electrons. The zero-order chi connectivity index (χ0) is 11.5. The quantitative estimate of drug-likeness (QED) is 0.423.